The lowest BCUT2D eigenvalue weighted by atomic mass is 10.3. The van der Waals surface area contributed by atoms with E-state index in [0.29, 0.717) is 19.8 Å². The Morgan fingerprint density at radius 3 is 3.00 bits per heavy atom. The van der Waals surface area contributed by atoms with Gasteiger partial charge >= 0.3 is 0 Å². The number of hydrogen-bond acceptors (Lipinski definition) is 4. The lowest BCUT2D eigenvalue weighted by Gasteiger charge is -2.13. The van der Waals surface area contributed by atoms with Crippen LogP contribution in [0.2, 0.25) is 0 Å². The van der Waals surface area contributed by atoms with Crippen LogP contribution < -0.4 is 15.2 Å². The maximum atomic E-state index is 5.44. The van der Waals surface area contributed by atoms with Crippen molar-refractivity contribution >= 4 is 11.3 Å². The lowest BCUT2D eigenvalue weighted by molar-refractivity contribution is 0.178. The maximum Gasteiger partial charge on any atom is 0.217 e. The van der Waals surface area contributed by atoms with Gasteiger partial charge in [-0.1, -0.05) is 0 Å². The summed E-state index contributed by atoms with van der Waals surface area (Å²) in [6, 6.07) is 2.02. The summed E-state index contributed by atoms with van der Waals surface area (Å²) in [4.78, 5) is 1.24. The fraction of sp³-hybridized carbons (Fsp3) is 0.500. The number of rotatable bonds is 2. The van der Waals surface area contributed by atoms with Crippen molar-refractivity contribution in [3.63, 3.8) is 0 Å². The van der Waals surface area contributed by atoms with Gasteiger partial charge in [-0.25, -0.2) is 0 Å². The van der Waals surface area contributed by atoms with Crippen molar-refractivity contribution in [2.75, 3.05) is 19.8 Å². The van der Waals surface area contributed by atoms with Crippen molar-refractivity contribution in [2.45, 2.75) is 6.42 Å². The van der Waals surface area contributed by atoms with Crippen LogP contribution in [0.25, 0.3) is 0 Å². The fourth-order valence-electron chi connectivity index (χ4n) is 1.16. The lowest BCUT2D eigenvalue weighted by Crippen LogP contribution is -2.13. The van der Waals surface area contributed by atoms with Crippen LogP contribution in [-0.4, -0.2) is 19.8 Å². The van der Waals surface area contributed by atoms with E-state index in [1.54, 1.807) is 11.3 Å². The maximum absolute atomic E-state index is 5.44. The van der Waals surface area contributed by atoms with Gasteiger partial charge in [0.05, 0.1) is 0 Å². The third-order valence-corrected chi connectivity index (χ3v) is 2.77. The molecule has 66 valence electrons. The van der Waals surface area contributed by atoms with E-state index in [4.69, 9.17) is 15.2 Å². The molecule has 2 heterocycles. The molecule has 0 fully saturated rings. The molecule has 2 rings (SSSR count). The van der Waals surface area contributed by atoms with Gasteiger partial charge in [-0.3, -0.25) is 0 Å². The van der Waals surface area contributed by atoms with Gasteiger partial charge in [-0.05, 0) is 19.0 Å². The molecule has 0 saturated carbocycles. The molecule has 0 amide bonds. The van der Waals surface area contributed by atoms with Gasteiger partial charge in [0, 0.05) is 4.88 Å². The quantitative estimate of drug-likeness (QED) is 0.748. The second kappa shape index (κ2) is 3.33. The van der Waals surface area contributed by atoms with Crippen molar-refractivity contribution in [3.05, 3.63) is 10.9 Å². The molecular weight excluding hydrogens is 174 g/mol. The van der Waals surface area contributed by atoms with Gasteiger partial charge in [0.2, 0.25) is 5.06 Å². The van der Waals surface area contributed by atoms with E-state index >= 15 is 0 Å². The molecule has 1 aliphatic heterocycles. The SMILES string of the molecule is NCCc1cc2c(s1)OCCO2. The third-order valence-electron chi connectivity index (χ3n) is 1.68. The molecule has 1 aromatic rings. The number of fused-ring (bicyclic) bond motifs is 1. The molecular formula is C8H11NO2S. The summed E-state index contributed by atoms with van der Waals surface area (Å²) in [5.41, 5.74) is 5.44. The summed E-state index contributed by atoms with van der Waals surface area (Å²) >= 11 is 1.63. The standard InChI is InChI=1S/C8H11NO2S/c9-2-1-6-5-7-8(12-6)11-4-3-10-7/h5H,1-4,9H2. The Balaban J connectivity index is 2.20. The van der Waals surface area contributed by atoms with Crippen LogP contribution in [0.3, 0.4) is 0 Å². The Hall–Kier alpha value is -0.740. The Kier molecular flexibility index (Phi) is 2.19. The molecule has 4 heteroatoms. The van der Waals surface area contributed by atoms with Crippen molar-refractivity contribution < 1.29 is 9.47 Å². The van der Waals surface area contributed by atoms with E-state index < -0.39 is 0 Å². The van der Waals surface area contributed by atoms with Crippen molar-refractivity contribution in [1.82, 2.24) is 0 Å². The molecule has 0 unspecified atom stereocenters. The van der Waals surface area contributed by atoms with Crippen molar-refractivity contribution in [3.8, 4) is 10.8 Å². The molecule has 0 bridgehead atoms. The van der Waals surface area contributed by atoms with Gasteiger partial charge < -0.3 is 15.2 Å². The van der Waals surface area contributed by atoms with Crippen LogP contribution in [0.15, 0.2) is 6.07 Å². The minimum absolute atomic E-state index is 0.659. The first kappa shape index (κ1) is 7.89. The molecule has 0 aliphatic carbocycles. The zero-order chi connectivity index (χ0) is 8.39. The minimum atomic E-state index is 0.659. The van der Waals surface area contributed by atoms with E-state index in [9.17, 15) is 0 Å². The summed E-state index contributed by atoms with van der Waals surface area (Å²) < 4.78 is 10.8. The molecule has 3 nitrogen and oxygen atoms in total. The first-order chi connectivity index (χ1) is 5.90. The molecule has 0 spiro atoms. The Morgan fingerprint density at radius 1 is 1.42 bits per heavy atom. The van der Waals surface area contributed by atoms with Gasteiger partial charge in [-0.2, -0.15) is 0 Å². The zero-order valence-electron chi connectivity index (χ0n) is 6.71. The molecule has 0 saturated heterocycles. The topological polar surface area (TPSA) is 44.5 Å². The number of ether oxygens (including phenoxy) is 2. The molecule has 0 aromatic carbocycles. The number of hydrogen-bond donors (Lipinski definition) is 1. The van der Waals surface area contributed by atoms with Crippen LogP contribution in [0, 0.1) is 0 Å². The molecule has 0 atom stereocenters. The second-order valence-corrected chi connectivity index (χ2v) is 3.70. The van der Waals surface area contributed by atoms with Crippen LogP contribution in [0.5, 0.6) is 10.8 Å². The number of nitrogens with two attached hydrogens (primary N) is 1. The largest absolute Gasteiger partial charge is 0.485 e. The van der Waals surface area contributed by atoms with Crippen molar-refractivity contribution in [2.24, 2.45) is 5.73 Å². The van der Waals surface area contributed by atoms with E-state index in [0.717, 1.165) is 17.2 Å². The summed E-state index contributed by atoms with van der Waals surface area (Å²) in [7, 11) is 0. The van der Waals surface area contributed by atoms with Gasteiger partial charge in [0.15, 0.2) is 5.75 Å². The minimum Gasteiger partial charge on any atom is -0.485 e. The van der Waals surface area contributed by atoms with E-state index in [2.05, 4.69) is 0 Å². The monoisotopic (exact) mass is 185 g/mol. The number of thiophene rings is 1. The first-order valence-electron chi connectivity index (χ1n) is 3.98. The van der Waals surface area contributed by atoms with Crippen LogP contribution in [0.1, 0.15) is 4.88 Å². The van der Waals surface area contributed by atoms with E-state index in [1.165, 1.54) is 4.88 Å². The highest BCUT2D eigenvalue weighted by atomic mass is 32.1. The highest BCUT2D eigenvalue weighted by Crippen LogP contribution is 2.39. The smallest absolute Gasteiger partial charge is 0.217 e. The molecule has 12 heavy (non-hydrogen) atoms. The summed E-state index contributed by atoms with van der Waals surface area (Å²) in [5, 5.41) is 0.907. The average molecular weight is 185 g/mol. The highest BCUT2D eigenvalue weighted by molar-refractivity contribution is 7.14. The van der Waals surface area contributed by atoms with Crippen LogP contribution >= 0.6 is 11.3 Å². The predicted octanol–water partition coefficient (Wildman–Crippen LogP) is 1.02. The van der Waals surface area contributed by atoms with Crippen molar-refractivity contribution in [1.29, 1.82) is 0 Å². The van der Waals surface area contributed by atoms with Gasteiger partial charge in [0.1, 0.15) is 13.2 Å². The molecule has 1 aliphatic rings. The van der Waals surface area contributed by atoms with Gasteiger partial charge in [0.25, 0.3) is 0 Å². The van der Waals surface area contributed by atoms with Gasteiger partial charge in [-0.15, -0.1) is 11.3 Å². The average Bonchev–Trinajstić information content (AvgIpc) is 2.47. The van der Waals surface area contributed by atoms with E-state index in [-0.39, 0.29) is 0 Å². The molecule has 1 aromatic heterocycles. The predicted molar refractivity (Wildman–Crippen MR) is 48.1 cm³/mol. The summed E-state index contributed by atoms with van der Waals surface area (Å²) in [6.07, 6.45) is 0.907. The fourth-order valence-corrected chi connectivity index (χ4v) is 2.14. The third kappa shape index (κ3) is 1.40. The van der Waals surface area contributed by atoms with Crippen LogP contribution in [-0.2, 0) is 6.42 Å². The Bertz CT molecular complexity index is 249. The summed E-state index contributed by atoms with van der Waals surface area (Å²) in [6.45, 7) is 2.00. The zero-order valence-corrected chi connectivity index (χ0v) is 7.52. The molecule has 2 N–H and O–H groups in total. The Morgan fingerprint density at radius 2 is 2.25 bits per heavy atom. The summed E-state index contributed by atoms with van der Waals surface area (Å²) in [5.74, 6) is 0.884. The molecule has 0 radical (unpaired) electrons. The van der Waals surface area contributed by atoms with E-state index in [1.807, 2.05) is 6.07 Å². The van der Waals surface area contributed by atoms with Crippen LogP contribution in [0.4, 0.5) is 0 Å². The Labute approximate surface area is 75.1 Å². The first-order valence-corrected chi connectivity index (χ1v) is 4.80. The normalized spacial score (nSPS) is 14.8. The highest BCUT2D eigenvalue weighted by Gasteiger charge is 2.15. The second-order valence-electron chi connectivity index (χ2n) is 2.60.